The molecular formula is C9H18ClNO2Si. The maximum Gasteiger partial charge on any atom is 0.443 e. The van der Waals surface area contributed by atoms with Crippen molar-refractivity contribution in [1.82, 2.24) is 0 Å². The Morgan fingerprint density at radius 3 is 2.21 bits per heavy atom. The standard InChI is InChI=1S/C9H18ClNO2Si/c1-3-12-14(10,13-4-2)9-7-5-6-8-11/h3-7,9H2,1-2H3. The van der Waals surface area contributed by atoms with Gasteiger partial charge in [-0.05, 0) is 26.7 Å². The molecule has 0 aliphatic rings. The van der Waals surface area contributed by atoms with Gasteiger partial charge in [0, 0.05) is 25.7 Å². The van der Waals surface area contributed by atoms with Gasteiger partial charge in [-0.3, -0.25) is 0 Å². The second-order valence-corrected chi connectivity index (χ2v) is 7.02. The van der Waals surface area contributed by atoms with Gasteiger partial charge in [0.1, 0.15) is 0 Å². The summed E-state index contributed by atoms with van der Waals surface area (Å²) in [4.78, 5) is 0. The first-order chi connectivity index (χ1) is 6.68. The van der Waals surface area contributed by atoms with E-state index in [4.69, 9.17) is 25.2 Å². The Labute approximate surface area is 91.9 Å². The first kappa shape index (κ1) is 13.9. The van der Waals surface area contributed by atoms with Crippen molar-refractivity contribution >= 4 is 18.9 Å². The molecule has 0 aliphatic heterocycles. The molecule has 82 valence electrons. The molecule has 5 heteroatoms. The maximum absolute atomic E-state index is 8.37. The molecule has 0 aromatic rings. The van der Waals surface area contributed by atoms with E-state index >= 15 is 0 Å². The summed E-state index contributed by atoms with van der Waals surface area (Å²) in [5.74, 6) is 0. The highest BCUT2D eigenvalue weighted by Gasteiger charge is 2.34. The van der Waals surface area contributed by atoms with Crippen LogP contribution in [0, 0.1) is 11.3 Å². The fourth-order valence-electron chi connectivity index (χ4n) is 1.16. The molecule has 0 saturated heterocycles. The molecule has 0 aromatic heterocycles. The number of nitriles is 1. The number of halogens is 1. The van der Waals surface area contributed by atoms with Crippen molar-refractivity contribution in [2.75, 3.05) is 13.2 Å². The lowest BCUT2D eigenvalue weighted by molar-refractivity contribution is 0.202. The summed E-state index contributed by atoms with van der Waals surface area (Å²) in [5, 5.41) is 8.37. The zero-order valence-corrected chi connectivity index (χ0v) is 10.6. The molecule has 0 radical (unpaired) electrons. The van der Waals surface area contributed by atoms with Crippen LogP contribution < -0.4 is 0 Å². The van der Waals surface area contributed by atoms with Crippen LogP contribution in [0.3, 0.4) is 0 Å². The molecule has 0 aromatic carbocycles. The molecule has 0 atom stereocenters. The first-order valence-electron chi connectivity index (χ1n) is 5.02. The van der Waals surface area contributed by atoms with E-state index in [1.165, 1.54) is 0 Å². The summed E-state index contributed by atoms with van der Waals surface area (Å²) in [5.41, 5.74) is 0. The van der Waals surface area contributed by atoms with Gasteiger partial charge in [-0.25, -0.2) is 0 Å². The van der Waals surface area contributed by atoms with Gasteiger partial charge >= 0.3 is 7.87 Å². The zero-order valence-electron chi connectivity index (χ0n) is 8.88. The largest absolute Gasteiger partial charge is 0.443 e. The average Bonchev–Trinajstić information content (AvgIpc) is 2.13. The van der Waals surface area contributed by atoms with Crippen LogP contribution in [-0.4, -0.2) is 21.1 Å². The minimum atomic E-state index is -2.44. The van der Waals surface area contributed by atoms with Crippen LogP contribution in [0.25, 0.3) is 0 Å². The third kappa shape index (κ3) is 6.38. The Bertz CT molecular complexity index is 178. The zero-order chi connectivity index (χ0) is 10.9. The normalized spacial score (nSPS) is 11.3. The minimum Gasteiger partial charge on any atom is -0.383 e. The van der Waals surface area contributed by atoms with Gasteiger partial charge in [-0.1, -0.05) is 11.1 Å². The molecule has 0 N–H and O–H groups in total. The molecular weight excluding hydrogens is 218 g/mol. The van der Waals surface area contributed by atoms with Crippen molar-refractivity contribution in [3.8, 4) is 6.07 Å². The quantitative estimate of drug-likeness (QED) is 0.369. The van der Waals surface area contributed by atoms with E-state index in [2.05, 4.69) is 6.07 Å². The Balaban J connectivity index is 3.78. The first-order valence-corrected chi connectivity index (χ1v) is 8.05. The molecule has 0 rings (SSSR count). The summed E-state index contributed by atoms with van der Waals surface area (Å²) in [7, 11) is -2.44. The van der Waals surface area contributed by atoms with Crippen molar-refractivity contribution < 1.29 is 8.85 Å². The van der Waals surface area contributed by atoms with Gasteiger partial charge in [-0.2, -0.15) is 5.26 Å². The molecule has 0 saturated carbocycles. The van der Waals surface area contributed by atoms with Crippen molar-refractivity contribution in [3.05, 3.63) is 0 Å². The molecule has 0 fully saturated rings. The van der Waals surface area contributed by atoms with E-state index in [1.54, 1.807) is 0 Å². The number of rotatable bonds is 8. The molecule has 0 aliphatic carbocycles. The summed E-state index contributed by atoms with van der Waals surface area (Å²) in [6.45, 7) is 5.01. The summed E-state index contributed by atoms with van der Waals surface area (Å²) < 4.78 is 10.9. The van der Waals surface area contributed by atoms with Gasteiger partial charge < -0.3 is 8.85 Å². The molecule has 0 heterocycles. The Morgan fingerprint density at radius 2 is 1.79 bits per heavy atom. The Hall–Kier alpha value is -0.0831. The predicted molar refractivity (Wildman–Crippen MR) is 59.1 cm³/mol. The van der Waals surface area contributed by atoms with Crippen LogP contribution in [-0.2, 0) is 8.85 Å². The third-order valence-electron chi connectivity index (χ3n) is 1.73. The predicted octanol–water partition coefficient (Wildman–Crippen LogP) is 2.93. The highest BCUT2D eigenvalue weighted by molar-refractivity contribution is 7.12. The fraction of sp³-hybridized carbons (Fsp3) is 0.889. The Kier molecular flexibility index (Phi) is 8.19. The smallest absolute Gasteiger partial charge is 0.383 e. The van der Waals surface area contributed by atoms with Crippen molar-refractivity contribution in [2.24, 2.45) is 0 Å². The molecule has 3 nitrogen and oxygen atoms in total. The summed E-state index contributed by atoms with van der Waals surface area (Å²) in [6.07, 6.45) is 2.36. The molecule has 0 spiro atoms. The highest BCUT2D eigenvalue weighted by atomic mass is 35.6. The summed E-state index contributed by atoms with van der Waals surface area (Å²) in [6, 6.07) is 2.87. The lowest BCUT2D eigenvalue weighted by Gasteiger charge is -2.22. The van der Waals surface area contributed by atoms with Crippen LogP contribution >= 0.6 is 11.1 Å². The van der Waals surface area contributed by atoms with E-state index < -0.39 is 7.87 Å². The minimum absolute atomic E-state index is 0.583. The number of hydrogen-bond acceptors (Lipinski definition) is 3. The molecule has 0 unspecified atom stereocenters. The van der Waals surface area contributed by atoms with Crippen LogP contribution in [0.2, 0.25) is 6.04 Å². The monoisotopic (exact) mass is 235 g/mol. The van der Waals surface area contributed by atoms with E-state index in [1.807, 2.05) is 13.8 Å². The van der Waals surface area contributed by atoms with E-state index in [-0.39, 0.29) is 0 Å². The van der Waals surface area contributed by atoms with Crippen molar-refractivity contribution in [1.29, 1.82) is 5.26 Å². The van der Waals surface area contributed by atoms with Crippen LogP contribution in [0.5, 0.6) is 0 Å². The molecule has 0 bridgehead atoms. The maximum atomic E-state index is 8.37. The van der Waals surface area contributed by atoms with Crippen LogP contribution in [0.15, 0.2) is 0 Å². The summed E-state index contributed by atoms with van der Waals surface area (Å²) >= 11 is 6.23. The van der Waals surface area contributed by atoms with E-state index in [9.17, 15) is 0 Å². The lowest BCUT2D eigenvalue weighted by atomic mass is 10.3. The average molecular weight is 236 g/mol. The van der Waals surface area contributed by atoms with Gasteiger partial charge in [0.15, 0.2) is 0 Å². The third-order valence-corrected chi connectivity index (χ3v) is 5.35. The SMILES string of the molecule is CCO[Si](Cl)(CCCCC#N)OCC. The van der Waals surface area contributed by atoms with Gasteiger partial charge in [0.25, 0.3) is 0 Å². The van der Waals surface area contributed by atoms with Gasteiger partial charge in [-0.15, -0.1) is 0 Å². The van der Waals surface area contributed by atoms with Crippen molar-refractivity contribution in [3.63, 3.8) is 0 Å². The highest BCUT2D eigenvalue weighted by Crippen LogP contribution is 2.22. The Morgan fingerprint density at radius 1 is 1.21 bits per heavy atom. The second kappa shape index (κ2) is 8.24. The van der Waals surface area contributed by atoms with Crippen LogP contribution in [0.1, 0.15) is 33.1 Å². The lowest BCUT2D eigenvalue weighted by Crippen LogP contribution is -2.36. The van der Waals surface area contributed by atoms with E-state index in [0.717, 1.165) is 18.9 Å². The molecule has 14 heavy (non-hydrogen) atoms. The topological polar surface area (TPSA) is 42.2 Å². The number of unbranched alkanes of at least 4 members (excludes halogenated alkanes) is 2. The van der Waals surface area contributed by atoms with Gasteiger partial charge in [0.2, 0.25) is 0 Å². The van der Waals surface area contributed by atoms with E-state index in [0.29, 0.717) is 19.6 Å². The number of nitrogens with zero attached hydrogens (tertiary/aromatic N) is 1. The van der Waals surface area contributed by atoms with Crippen LogP contribution in [0.4, 0.5) is 0 Å². The second-order valence-electron chi connectivity index (χ2n) is 2.89. The molecule has 0 amide bonds. The van der Waals surface area contributed by atoms with Gasteiger partial charge in [0.05, 0.1) is 6.07 Å². The van der Waals surface area contributed by atoms with Crippen molar-refractivity contribution in [2.45, 2.75) is 39.2 Å². The number of hydrogen-bond donors (Lipinski definition) is 0. The fourth-order valence-corrected chi connectivity index (χ4v) is 4.12.